The molecule has 0 aliphatic carbocycles. The van der Waals surface area contributed by atoms with Crippen molar-refractivity contribution >= 4 is 22.4 Å². The van der Waals surface area contributed by atoms with Crippen molar-refractivity contribution in [2.45, 2.75) is 58.2 Å². The van der Waals surface area contributed by atoms with Crippen LogP contribution in [0.25, 0.3) is 16.3 Å². The van der Waals surface area contributed by atoms with Crippen molar-refractivity contribution in [3.8, 4) is 5.75 Å². The number of benzene rings is 1. The number of carbonyl (C=O) groups excluding carboxylic acids is 1. The van der Waals surface area contributed by atoms with Crippen LogP contribution in [0.15, 0.2) is 30.8 Å². The van der Waals surface area contributed by atoms with Gasteiger partial charge in [-0.1, -0.05) is 18.7 Å². The normalized spacial score (nSPS) is 19.7. The molecule has 1 amide bonds. The topological polar surface area (TPSA) is 51.7 Å². The highest BCUT2D eigenvalue weighted by atomic mass is 19.4. The molecule has 1 fully saturated rings. The van der Waals surface area contributed by atoms with Crippen molar-refractivity contribution in [2.75, 3.05) is 13.1 Å². The summed E-state index contributed by atoms with van der Waals surface area (Å²) in [6.45, 7) is 9.96. The van der Waals surface area contributed by atoms with E-state index in [1.165, 1.54) is 17.0 Å². The molecule has 0 unspecified atom stereocenters. The number of aryl methyl sites for hydroxylation is 1. The molecular formula is C23H26F4N2O3. The number of piperidine rings is 1. The predicted molar refractivity (Wildman–Crippen MR) is 113 cm³/mol. The molecule has 2 atom stereocenters. The van der Waals surface area contributed by atoms with Gasteiger partial charge in [-0.2, -0.15) is 13.2 Å². The quantitative estimate of drug-likeness (QED) is 0.547. The van der Waals surface area contributed by atoms with E-state index < -0.39 is 35.7 Å². The first-order chi connectivity index (χ1) is 14.8. The zero-order chi connectivity index (χ0) is 23.8. The average Bonchev–Trinajstić information content (AvgIpc) is 2.66. The first-order valence-corrected chi connectivity index (χ1v) is 10.2. The van der Waals surface area contributed by atoms with Gasteiger partial charge < -0.3 is 14.4 Å². The van der Waals surface area contributed by atoms with Crippen LogP contribution < -0.4 is 4.74 Å². The van der Waals surface area contributed by atoms with Gasteiger partial charge >= 0.3 is 12.3 Å². The van der Waals surface area contributed by atoms with Crippen molar-refractivity contribution in [3.05, 3.63) is 42.2 Å². The third-order valence-electron chi connectivity index (χ3n) is 5.00. The summed E-state index contributed by atoms with van der Waals surface area (Å²) in [6.07, 6.45) is -7.37. The molecule has 2 aromatic rings. The van der Waals surface area contributed by atoms with Gasteiger partial charge in [-0.05, 0) is 39.8 Å². The van der Waals surface area contributed by atoms with E-state index in [1.807, 2.05) is 0 Å². The number of carbonyl (C=O) groups is 1. The summed E-state index contributed by atoms with van der Waals surface area (Å²) in [5, 5.41) is 0.610. The smallest absolute Gasteiger partial charge is 0.417 e. The lowest BCUT2D eigenvalue weighted by molar-refractivity contribution is -0.0688. The molecule has 0 saturated carbocycles. The lowest BCUT2D eigenvalue weighted by Gasteiger charge is -2.35. The Labute approximate surface area is 184 Å². The first-order valence-electron chi connectivity index (χ1n) is 10.2. The minimum Gasteiger partial charge on any atom is -0.487 e. The Kier molecular flexibility index (Phi) is 6.40. The van der Waals surface area contributed by atoms with Gasteiger partial charge in [0, 0.05) is 29.4 Å². The number of rotatable bonds is 3. The van der Waals surface area contributed by atoms with Crippen LogP contribution in [0.4, 0.5) is 22.4 Å². The fourth-order valence-corrected chi connectivity index (χ4v) is 3.52. The number of amides is 1. The van der Waals surface area contributed by atoms with Gasteiger partial charge in [-0.15, -0.1) is 0 Å². The van der Waals surface area contributed by atoms with E-state index in [0.29, 0.717) is 11.1 Å². The number of fused-ring (bicyclic) bond motifs is 1. The number of hydrogen-bond acceptors (Lipinski definition) is 4. The molecule has 0 bridgehead atoms. The number of nitrogens with zero attached hydrogens (tertiary/aromatic N) is 2. The molecule has 1 aliphatic rings. The van der Waals surface area contributed by atoms with Gasteiger partial charge in [0.25, 0.3) is 0 Å². The van der Waals surface area contributed by atoms with E-state index in [4.69, 9.17) is 9.47 Å². The summed E-state index contributed by atoms with van der Waals surface area (Å²) in [4.78, 5) is 17.5. The van der Waals surface area contributed by atoms with Crippen LogP contribution in [-0.4, -0.2) is 53.1 Å². The van der Waals surface area contributed by atoms with Crippen molar-refractivity contribution in [1.82, 2.24) is 9.88 Å². The van der Waals surface area contributed by atoms with Crippen molar-refractivity contribution < 1.29 is 31.8 Å². The molecule has 1 aliphatic heterocycles. The average molecular weight is 454 g/mol. The molecule has 0 N–H and O–H groups in total. The number of alkyl halides is 4. The molecule has 0 spiro atoms. The third kappa shape index (κ3) is 5.31. The van der Waals surface area contributed by atoms with E-state index >= 15 is 0 Å². The van der Waals surface area contributed by atoms with Gasteiger partial charge in [0.1, 0.15) is 17.5 Å². The van der Waals surface area contributed by atoms with Gasteiger partial charge in [0.2, 0.25) is 0 Å². The fourth-order valence-electron chi connectivity index (χ4n) is 3.52. The summed E-state index contributed by atoms with van der Waals surface area (Å²) in [5.74, 6) is 0.252. The standard InChI is InChI=1S/C23H26F4N2O3/c1-13-11-16-15(20(28-13)14(2)23(25,26)27)7-6-8-18(16)31-19-9-10-29(12-17(19)24)21(30)32-22(3,4)5/h6-8,11,17,19H,2,9-10,12H2,1,3-5H3/t17-,19+/m0/s1. The first kappa shape index (κ1) is 23.8. The molecule has 1 aromatic carbocycles. The van der Waals surface area contributed by atoms with E-state index in [9.17, 15) is 22.4 Å². The van der Waals surface area contributed by atoms with Crippen molar-refractivity contribution in [2.24, 2.45) is 0 Å². The van der Waals surface area contributed by atoms with Crippen LogP contribution in [0.2, 0.25) is 0 Å². The van der Waals surface area contributed by atoms with Crippen LogP contribution in [-0.2, 0) is 4.74 Å². The monoisotopic (exact) mass is 454 g/mol. The second-order valence-electron chi connectivity index (χ2n) is 8.83. The summed E-state index contributed by atoms with van der Waals surface area (Å²) >= 11 is 0. The second-order valence-corrected chi connectivity index (χ2v) is 8.83. The van der Waals surface area contributed by atoms with Crippen LogP contribution in [0.3, 0.4) is 0 Å². The zero-order valence-corrected chi connectivity index (χ0v) is 18.4. The molecule has 1 aromatic heterocycles. The number of hydrogen-bond donors (Lipinski definition) is 0. The molecule has 32 heavy (non-hydrogen) atoms. The summed E-state index contributed by atoms with van der Waals surface area (Å²) in [5.41, 5.74) is -1.68. The molecule has 5 nitrogen and oxygen atoms in total. The minimum atomic E-state index is -4.64. The number of allylic oxidation sites excluding steroid dienone is 1. The third-order valence-corrected chi connectivity index (χ3v) is 5.00. The summed E-state index contributed by atoms with van der Waals surface area (Å²) in [6, 6.07) is 6.21. The highest BCUT2D eigenvalue weighted by Gasteiger charge is 2.37. The lowest BCUT2D eigenvalue weighted by Crippen LogP contribution is -2.50. The van der Waals surface area contributed by atoms with Crippen LogP contribution in [0.5, 0.6) is 5.75 Å². The molecule has 3 rings (SSSR count). The highest BCUT2D eigenvalue weighted by Crippen LogP contribution is 2.38. The van der Waals surface area contributed by atoms with E-state index in [-0.39, 0.29) is 36.3 Å². The minimum absolute atomic E-state index is 0.193. The molecule has 0 radical (unpaired) electrons. The SMILES string of the molecule is C=C(c1nc(C)cc2c(O[C@@H]3CCN(C(=O)OC(C)(C)C)C[C@@H]3F)cccc12)C(F)(F)F. The second kappa shape index (κ2) is 8.60. The maximum absolute atomic E-state index is 14.9. The number of halogens is 4. The fraction of sp³-hybridized carbons (Fsp3) is 0.478. The molecule has 1 saturated heterocycles. The Bertz CT molecular complexity index is 1030. The number of ether oxygens (including phenoxy) is 2. The molecular weight excluding hydrogens is 428 g/mol. The molecule has 2 heterocycles. The largest absolute Gasteiger partial charge is 0.487 e. The molecule has 174 valence electrons. The Morgan fingerprint density at radius 2 is 1.91 bits per heavy atom. The Hall–Kier alpha value is -2.84. The lowest BCUT2D eigenvalue weighted by atomic mass is 10.0. The molecule has 9 heteroatoms. The van der Waals surface area contributed by atoms with E-state index in [0.717, 1.165) is 0 Å². The Balaban J connectivity index is 1.84. The van der Waals surface area contributed by atoms with Crippen molar-refractivity contribution in [3.63, 3.8) is 0 Å². The predicted octanol–water partition coefficient (Wildman–Crippen LogP) is 5.85. The number of aromatic nitrogens is 1. The van der Waals surface area contributed by atoms with Crippen molar-refractivity contribution in [1.29, 1.82) is 0 Å². The van der Waals surface area contributed by atoms with Gasteiger partial charge in [-0.3, -0.25) is 4.98 Å². The number of pyridine rings is 1. The summed E-state index contributed by atoms with van der Waals surface area (Å²) < 4.78 is 65.8. The van der Waals surface area contributed by atoms with E-state index in [1.54, 1.807) is 39.8 Å². The van der Waals surface area contributed by atoms with Gasteiger partial charge in [-0.25, -0.2) is 9.18 Å². The maximum Gasteiger partial charge on any atom is 0.417 e. The summed E-state index contributed by atoms with van der Waals surface area (Å²) in [7, 11) is 0. The van der Waals surface area contributed by atoms with Crippen LogP contribution in [0.1, 0.15) is 38.6 Å². The van der Waals surface area contributed by atoms with Crippen LogP contribution >= 0.6 is 0 Å². The number of likely N-dealkylation sites (tertiary alicyclic amines) is 1. The van der Waals surface area contributed by atoms with Crippen LogP contribution in [0, 0.1) is 6.92 Å². The van der Waals surface area contributed by atoms with E-state index in [2.05, 4.69) is 11.6 Å². The Morgan fingerprint density at radius 3 is 2.50 bits per heavy atom. The van der Waals surface area contributed by atoms with Gasteiger partial charge in [0.05, 0.1) is 17.8 Å². The van der Waals surface area contributed by atoms with Gasteiger partial charge in [0.15, 0.2) is 6.17 Å². The Morgan fingerprint density at radius 1 is 1.22 bits per heavy atom. The highest BCUT2D eigenvalue weighted by molar-refractivity contribution is 5.96. The maximum atomic E-state index is 14.9. The zero-order valence-electron chi connectivity index (χ0n) is 18.4.